The number of hydrogen-bond acceptors (Lipinski definition) is 2. The molecule has 1 rings (SSSR count). The van der Waals surface area contributed by atoms with Crippen molar-refractivity contribution in [1.29, 1.82) is 0 Å². The van der Waals surface area contributed by atoms with E-state index in [1.165, 1.54) is 0 Å². The molecule has 1 aromatic carbocycles. The Bertz CT molecular complexity index is 538. The van der Waals surface area contributed by atoms with Gasteiger partial charge in [0.2, 0.25) is 0 Å². The Morgan fingerprint density at radius 3 is 1.40 bits per heavy atom. The van der Waals surface area contributed by atoms with Crippen molar-refractivity contribution in [3.05, 3.63) is 28.8 Å². The summed E-state index contributed by atoms with van der Waals surface area (Å²) in [5.41, 5.74) is 2.88. The van der Waals surface area contributed by atoms with Crippen molar-refractivity contribution in [3.63, 3.8) is 0 Å². The maximum Gasteiger partial charge on any atom is 0.303 e. The van der Waals surface area contributed by atoms with Gasteiger partial charge in [-0.05, 0) is 39.4 Å². The standard InChI is InChI=1S/C17H26O3.C5H12/c1-16(2,3)12-9-11(7-8-14(18)19)10-13(15(12)20)17(4,5)6;1-5(2,3)4/h9-10,20H,7-8H2,1-6H3,(H,18,19);1-4H3. The Labute approximate surface area is 154 Å². The van der Waals surface area contributed by atoms with Gasteiger partial charge in [0, 0.05) is 6.42 Å². The summed E-state index contributed by atoms with van der Waals surface area (Å²) in [6.45, 7) is 21.1. The molecule has 0 aliphatic carbocycles. The van der Waals surface area contributed by atoms with Crippen LogP contribution in [0.2, 0.25) is 0 Å². The number of benzene rings is 1. The van der Waals surface area contributed by atoms with Crippen LogP contribution in [0.15, 0.2) is 12.1 Å². The van der Waals surface area contributed by atoms with E-state index < -0.39 is 5.97 Å². The average molecular weight is 351 g/mol. The Morgan fingerprint density at radius 2 is 1.16 bits per heavy atom. The highest BCUT2D eigenvalue weighted by atomic mass is 16.4. The molecule has 3 nitrogen and oxygen atoms in total. The molecule has 0 aliphatic heterocycles. The van der Waals surface area contributed by atoms with E-state index in [0.29, 0.717) is 17.6 Å². The Morgan fingerprint density at radius 1 is 0.840 bits per heavy atom. The number of carboxylic acid groups (broad SMARTS) is 1. The van der Waals surface area contributed by atoms with E-state index in [9.17, 15) is 9.90 Å². The number of carbonyl (C=O) groups is 1. The lowest BCUT2D eigenvalue weighted by Gasteiger charge is -2.28. The summed E-state index contributed by atoms with van der Waals surface area (Å²) < 4.78 is 0. The number of aryl methyl sites for hydroxylation is 1. The normalized spacial score (nSPS) is 12.4. The van der Waals surface area contributed by atoms with Crippen LogP contribution in [-0.2, 0) is 22.0 Å². The molecule has 0 unspecified atom stereocenters. The summed E-state index contributed by atoms with van der Waals surface area (Å²) in [6, 6.07) is 3.88. The molecule has 144 valence electrons. The van der Waals surface area contributed by atoms with Crippen molar-refractivity contribution < 1.29 is 15.0 Å². The first-order chi connectivity index (χ1) is 10.9. The molecule has 0 atom stereocenters. The van der Waals surface area contributed by atoms with Crippen molar-refractivity contribution in [1.82, 2.24) is 0 Å². The van der Waals surface area contributed by atoms with Crippen LogP contribution in [0.25, 0.3) is 0 Å². The van der Waals surface area contributed by atoms with Crippen molar-refractivity contribution in [3.8, 4) is 5.75 Å². The van der Waals surface area contributed by atoms with E-state index in [0.717, 1.165) is 16.7 Å². The molecule has 0 radical (unpaired) electrons. The molecule has 0 saturated carbocycles. The lowest BCUT2D eigenvalue weighted by atomic mass is 9.78. The molecule has 0 heterocycles. The minimum absolute atomic E-state index is 0.109. The maximum atomic E-state index is 10.8. The minimum Gasteiger partial charge on any atom is -0.507 e. The van der Waals surface area contributed by atoms with Crippen LogP contribution in [0.1, 0.15) is 92.3 Å². The van der Waals surface area contributed by atoms with Gasteiger partial charge in [-0.3, -0.25) is 4.79 Å². The summed E-state index contributed by atoms with van der Waals surface area (Å²) in [6.07, 6.45) is 0.597. The lowest BCUT2D eigenvalue weighted by molar-refractivity contribution is -0.136. The predicted octanol–water partition coefficient (Wildman–Crippen LogP) is 6.06. The highest BCUT2D eigenvalue weighted by Crippen LogP contribution is 2.39. The van der Waals surface area contributed by atoms with E-state index in [1.54, 1.807) is 0 Å². The van der Waals surface area contributed by atoms with E-state index in [1.807, 2.05) is 12.1 Å². The van der Waals surface area contributed by atoms with Gasteiger partial charge >= 0.3 is 5.97 Å². The van der Waals surface area contributed by atoms with Crippen LogP contribution in [-0.4, -0.2) is 16.2 Å². The van der Waals surface area contributed by atoms with Crippen molar-refractivity contribution in [2.45, 2.75) is 92.9 Å². The SMILES string of the molecule is CC(C)(C)C.CC(C)(C)c1cc(CCC(=O)O)cc(C(C)(C)C)c1O. The van der Waals surface area contributed by atoms with Gasteiger partial charge in [-0.15, -0.1) is 0 Å². The molecule has 0 aliphatic rings. The number of carboxylic acids is 1. The van der Waals surface area contributed by atoms with Gasteiger partial charge in [-0.1, -0.05) is 81.4 Å². The second kappa shape index (κ2) is 8.25. The zero-order chi connectivity index (χ0) is 20.2. The first-order valence-corrected chi connectivity index (χ1v) is 9.01. The summed E-state index contributed by atoms with van der Waals surface area (Å²) in [5, 5.41) is 19.4. The number of hydrogen-bond donors (Lipinski definition) is 2. The second-order valence-electron chi connectivity index (χ2n) is 10.4. The van der Waals surface area contributed by atoms with Crippen LogP contribution >= 0.6 is 0 Å². The molecule has 0 saturated heterocycles. The molecule has 2 N–H and O–H groups in total. The van der Waals surface area contributed by atoms with Crippen molar-refractivity contribution in [2.24, 2.45) is 5.41 Å². The largest absolute Gasteiger partial charge is 0.507 e. The Balaban J connectivity index is 0.00000101. The fourth-order valence-electron chi connectivity index (χ4n) is 2.23. The average Bonchev–Trinajstić information content (AvgIpc) is 2.32. The van der Waals surface area contributed by atoms with Gasteiger partial charge in [0.1, 0.15) is 5.75 Å². The molecule has 3 heteroatoms. The van der Waals surface area contributed by atoms with Crippen LogP contribution in [0.5, 0.6) is 5.75 Å². The van der Waals surface area contributed by atoms with Gasteiger partial charge in [-0.25, -0.2) is 0 Å². The third kappa shape index (κ3) is 9.52. The number of rotatable bonds is 3. The fraction of sp³-hybridized carbons (Fsp3) is 0.682. The van der Waals surface area contributed by atoms with Crippen LogP contribution < -0.4 is 0 Å². The molecule has 25 heavy (non-hydrogen) atoms. The summed E-state index contributed by atoms with van der Waals surface area (Å²) >= 11 is 0. The number of aliphatic carboxylic acids is 1. The Hall–Kier alpha value is -1.51. The maximum absolute atomic E-state index is 10.8. The van der Waals surface area contributed by atoms with E-state index >= 15 is 0 Å². The molecule has 0 aromatic heterocycles. The third-order valence-electron chi connectivity index (χ3n) is 3.41. The zero-order valence-corrected chi connectivity index (χ0v) is 17.9. The highest BCUT2D eigenvalue weighted by Gasteiger charge is 2.26. The summed E-state index contributed by atoms with van der Waals surface area (Å²) in [5.74, 6) is -0.461. The minimum atomic E-state index is -0.798. The van der Waals surface area contributed by atoms with Gasteiger partial charge in [0.05, 0.1) is 0 Å². The Kier molecular flexibility index (Phi) is 7.75. The van der Waals surface area contributed by atoms with E-state index in [2.05, 4.69) is 69.2 Å². The van der Waals surface area contributed by atoms with Gasteiger partial charge in [0.15, 0.2) is 0 Å². The molecule has 0 bridgehead atoms. The summed E-state index contributed by atoms with van der Waals surface area (Å²) in [7, 11) is 0. The number of phenols is 1. The molecule has 0 amide bonds. The van der Waals surface area contributed by atoms with Gasteiger partial charge in [-0.2, -0.15) is 0 Å². The van der Waals surface area contributed by atoms with Crippen LogP contribution in [0.4, 0.5) is 0 Å². The van der Waals surface area contributed by atoms with Gasteiger partial charge in [0.25, 0.3) is 0 Å². The van der Waals surface area contributed by atoms with Crippen molar-refractivity contribution >= 4 is 5.97 Å². The first kappa shape index (κ1) is 23.5. The fourth-order valence-corrected chi connectivity index (χ4v) is 2.23. The smallest absolute Gasteiger partial charge is 0.303 e. The van der Waals surface area contributed by atoms with Crippen molar-refractivity contribution in [2.75, 3.05) is 0 Å². The number of aromatic hydroxyl groups is 1. The number of phenolic OH excluding ortho intramolecular Hbond substituents is 1. The molecule has 0 spiro atoms. The third-order valence-corrected chi connectivity index (χ3v) is 3.41. The summed E-state index contributed by atoms with van der Waals surface area (Å²) in [4.78, 5) is 10.8. The van der Waals surface area contributed by atoms with E-state index in [-0.39, 0.29) is 17.3 Å². The van der Waals surface area contributed by atoms with Gasteiger partial charge < -0.3 is 10.2 Å². The molecule has 0 fully saturated rings. The molecule has 1 aromatic rings. The lowest BCUT2D eigenvalue weighted by Crippen LogP contribution is -2.18. The second-order valence-corrected chi connectivity index (χ2v) is 10.4. The van der Waals surface area contributed by atoms with Crippen LogP contribution in [0.3, 0.4) is 0 Å². The highest BCUT2D eigenvalue weighted by molar-refractivity contribution is 5.67. The van der Waals surface area contributed by atoms with Crippen LogP contribution in [0, 0.1) is 5.41 Å². The molecular formula is C22H38O3. The van der Waals surface area contributed by atoms with E-state index in [4.69, 9.17) is 5.11 Å². The zero-order valence-electron chi connectivity index (χ0n) is 17.9. The topological polar surface area (TPSA) is 57.5 Å². The molecular weight excluding hydrogens is 312 g/mol. The quantitative estimate of drug-likeness (QED) is 0.697. The first-order valence-electron chi connectivity index (χ1n) is 9.01. The monoisotopic (exact) mass is 350 g/mol. The predicted molar refractivity (Wildman–Crippen MR) is 107 cm³/mol.